The minimum absolute atomic E-state index is 0.118. The molecule has 0 aliphatic heterocycles. The van der Waals surface area contributed by atoms with Crippen molar-refractivity contribution in [3.05, 3.63) is 17.0 Å². The Morgan fingerprint density at radius 2 is 2.31 bits per heavy atom. The molecule has 0 aliphatic rings. The molecule has 0 aromatic carbocycles. The normalized spacial score (nSPS) is 12.5. The van der Waals surface area contributed by atoms with Crippen molar-refractivity contribution in [1.82, 2.24) is 0 Å². The maximum Gasteiger partial charge on any atom is 0.345 e. The van der Waals surface area contributed by atoms with Gasteiger partial charge in [0.2, 0.25) is 0 Å². The molecule has 0 saturated heterocycles. The molecule has 0 amide bonds. The van der Waals surface area contributed by atoms with Crippen molar-refractivity contribution in [2.75, 3.05) is 11.4 Å². The van der Waals surface area contributed by atoms with Gasteiger partial charge < -0.3 is 9.66 Å². The number of hydrogen-bond donors (Lipinski definition) is 1. The zero-order valence-electron chi connectivity index (χ0n) is 6.59. The van der Waals surface area contributed by atoms with Crippen LogP contribution < -0.4 is 4.31 Å². The number of hydrogen-bond acceptors (Lipinski definition) is 4. The molecular weight excluding hydrogens is 214 g/mol. The van der Waals surface area contributed by atoms with Crippen LogP contribution >= 0.6 is 11.3 Å². The van der Waals surface area contributed by atoms with Gasteiger partial charge in [-0.05, 0) is 12.1 Å². The van der Waals surface area contributed by atoms with Gasteiger partial charge >= 0.3 is 5.97 Å². The molecule has 0 spiro atoms. The van der Waals surface area contributed by atoms with Gasteiger partial charge in [0.15, 0.2) is 0 Å². The zero-order valence-corrected chi connectivity index (χ0v) is 8.22. The second kappa shape index (κ2) is 3.86. The van der Waals surface area contributed by atoms with E-state index >= 15 is 0 Å². The molecule has 0 fully saturated rings. The molecule has 7 heteroatoms. The van der Waals surface area contributed by atoms with Crippen LogP contribution in [0.25, 0.3) is 0 Å². The number of carbonyl (C=O) groups is 1. The van der Waals surface area contributed by atoms with E-state index in [0.29, 0.717) is 5.00 Å². The SMILES string of the molecule is CN(c1ccc(C(=O)O)s1)S(=O)[O-]. The smallest absolute Gasteiger partial charge is 0.345 e. The summed E-state index contributed by atoms with van der Waals surface area (Å²) in [5.41, 5.74) is 0. The molecule has 5 nitrogen and oxygen atoms in total. The lowest BCUT2D eigenvalue weighted by Gasteiger charge is -2.18. The summed E-state index contributed by atoms with van der Waals surface area (Å²) in [6, 6.07) is 2.82. The Hall–Kier alpha value is -0.920. The lowest BCUT2D eigenvalue weighted by molar-refractivity contribution is 0.0702. The van der Waals surface area contributed by atoms with E-state index in [-0.39, 0.29) is 4.88 Å². The summed E-state index contributed by atoms with van der Waals surface area (Å²) >= 11 is -1.45. The average molecular weight is 220 g/mol. The highest BCUT2D eigenvalue weighted by Crippen LogP contribution is 2.25. The van der Waals surface area contributed by atoms with E-state index in [2.05, 4.69) is 0 Å². The van der Waals surface area contributed by atoms with Crippen LogP contribution in [0.2, 0.25) is 0 Å². The largest absolute Gasteiger partial charge is 0.755 e. The standard InChI is InChI=1S/C6H7NO4S2/c1-7(13(10)11)5-3-2-4(12-5)6(8)9/h2-3H,1H3,(H,8,9)(H,10,11)/p-1. The van der Waals surface area contributed by atoms with E-state index in [1.807, 2.05) is 0 Å². The van der Waals surface area contributed by atoms with Crippen LogP contribution in [-0.2, 0) is 11.3 Å². The summed E-state index contributed by atoms with van der Waals surface area (Å²) in [7, 11) is 1.35. The van der Waals surface area contributed by atoms with Crippen LogP contribution in [0.15, 0.2) is 12.1 Å². The monoisotopic (exact) mass is 220 g/mol. The fourth-order valence-corrected chi connectivity index (χ4v) is 1.90. The Kier molecular flexibility index (Phi) is 3.02. The number of thiophene rings is 1. The van der Waals surface area contributed by atoms with Crippen LogP contribution in [0.1, 0.15) is 9.67 Å². The van der Waals surface area contributed by atoms with Gasteiger partial charge in [-0.3, -0.25) is 8.51 Å². The van der Waals surface area contributed by atoms with Gasteiger partial charge in [-0.2, -0.15) is 0 Å². The van der Waals surface area contributed by atoms with E-state index in [9.17, 15) is 13.6 Å². The van der Waals surface area contributed by atoms with Gasteiger partial charge in [0.1, 0.15) is 9.88 Å². The molecule has 1 aromatic heterocycles. The summed E-state index contributed by atoms with van der Waals surface area (Å²) in [5.74, 6) is -1.05. The topological polar surface area (TPSA) is 80.7 Å². The Balaban J connectivity index is 2.91. The summed E-state index contributed by atoms with van der Waals surface area (Å²) in [4.78, 5) is 10.6. The lowest BCUT2D eigenvalue weighted by atomic mass is 10.5. The highest BCUT2D eigenvalue weighted by atomic mass is 32.2. The van der Waals surface area contributed by atoms with Crippen molar-refractivity contribution in [1.29, 1.82) is 0 Å². The minimum Gasteiger partial charge on any atom is -0.755 e. The summed E-state index contributed by atoms with van der Waals surface area (Å²) in [5, 5.41) is 8.94. The molecular formula is C6H6NO4S2-. The molecule has 1 atom stereocenters. The van der Waals surface area contributed by atoms with Crippen molar-refractivity contribution in [3.8, 4) is 0 Å². The molecule has 1 N–H and O–H groups in total. The fourth-order valence-electron chi connectivity index (χ4n) is 0.685. The van der Waals surface area contributed by atoms with Crippen molar-refractivity contribution >= 4 is 33.6 Å². The summed E-state index contributed by atoms with van der Waals surface area (Å²) in [6.45, 7) is 0. The van der Waals surface area contributed by atoms with Crippen molar-refractivity contribution in [2.45, 2.75) is 0 Å². The number of anilines is 1. The van der Waals surface area contributed by atoms with Gasteiger partial charge in [-0.15, -0.1) is 11.3 Å². The van der Waals surface area contributed by atoms with Crippen LogP contribution in [0.5, 0.6) is 0 Å². The van der Waals surface area contributed by atoms with E-state index in [1.165, 1.54) is 19.2 Å². The average Bonchev–Trinajstić information content (AvgIpc) is 2.50. The number of carboxylic acid groups (broad SMARTS) is 1. The van der Waals surface area contributed by atoms with Crippen molar-refractivity contribution < 1.29 is 18.7 Å². The highest BCUT2D eigenvalue weighted by molar-refractivity contribution is 7.80. The summed E-state index contributed by atoms with van der Waals surface area (Å²) in [6.07, 6.45) is 0. The molecule has 1 rings (SSSR count). The number of carboxylic acids is 1. The molecule has 72 valence electrons. The number of nitrogens with zero attached hydrogens (tertiary/aromatic N) is 1. The molecule has 0 aliphatic carbocycles. The maximum atomic E-state index is 10.5. The third-order valence-electron chi connectivity index (χ3n) is 1.34. The fraction of sp³-hybridized carbons (Fsp3) is 0.167. The second-order valence-corrected chi connectivity index (χ2v) is 4.20. The molecule has 1 unspecified atom stereocenters. The number of rotatable bonds is 3. The number of aromatic carboxylic acids is 1. The molecule has 13 heavy (non-hydrogen) atoms. The Labute approximate surface area is 81.0 Å². The predicted octanol–water partition coefficient (Wildman–Crippen LogP) is 0.677. The quantitative estimate of drug-likeness (QED) is 0.759. The van der Waals surface area contributed by atoms with E-state index in [0.717, 1.165) is 15.6 Å². The van der Waals surface area contributed by atoms with Crippen LogP contribution in [0, 0.1) is 0 Å². The van der Waals surface area contributed by atoms with Gasteiger partial charge in [-0.25, -0.2) is 4.79 Å². The molecule has 0 radical (unpaired) electrons. The minimum atomic E-state index is -2.36. The first-order valence-electron chi connectivity index (χ1n) is 3.18. The highest BCUT2D eigenvalue weighted by Gasteiger charge is 2.09. The van der Waals surface area contributed by atoms with E-state index in [4.69, 9.17) is 5.11 Å². The van der Waals surface area contributed by atoms with Gasteiger partial charge in [0.25, 0.3) is 0 Å². The Bertz CT molecular complexity index is 348. The van der Waals surface area contributed by atoms with Crippen LogP contribution in [0.3, 0.4) is 0 Å². The third kappa shape index (κ3) is 2.27. The first kappa shape index (κ1) is 10.2. The Morgan fingerprint density at radius 3 is 2.69 bits per heavy atom. The first-order chi connectivity index (χ1) is 6.02. The molecule has 0 saturated carbocycles. The van der Waals surface area contributed by atoms with Crippen LogP contribution in [-0.4, -0.2) is 26.9 Å². The second-order valence-electron chi connectivity index (χ2n) is 2.16. The first-order valence-corrected chi connectivity index (χ1v) is 5.03. The van der Waals surface area contributed by atoms with E-state index < -0.39 is 17.2 Å². The Morgan fingerprint density at radius 1 is 1.69 bits per heavy atom. The van der Waals surface area contributed by atoms with Gasteiger partial charge in [0, 0.05) is 18.3 Å². The van der Waals surface area contributed by atoms with Crippen LogP contribution in [0.4, 0.5) is 5.00 Å². The zero-order chi connectivity index (χ0) is 10.0. The summed E-state index contributed by atoms with van der Waals surface area (Å²) < 4.78 is 21.9. The van der Waals surface area contributed by atoms with Crippen molar-refractivity contribution in [3.63, 3.8) is 0 Å². The molecule has 1 heterocycles. The maximum absolute atomic E-state index is 10.5. The van der Waals surface area contributed by atoms with Gasteiger partial charge in [-0.1, -0.05) is 0 Å². The van der Waals surface area contributed by atoms with E-state index in [1.54, 1.807) is 0 Å². The molecule has 1 aromatic rings. The van der Waals surface area contributed by atoms with Gasteiger partial charge in [0.05, 0.1) is 0 Å². The van der Waals surface area contributed by atoms with Crippen molar-refractivity contribution in [2.24, 2.45) is 0 Å². The third-order valence-corrected chi connectivity index (χ3v) is 3.25. The lowest BCUT2D eigenvalue weighted by Crippen LogP contribution is -2.17. The predicted molar refractivity (Wildman–Crippen MR) is 48.6 cm³/mol. The molecule has 0 bridgehead atoms.